The SMILES string of the molecule is COc1ccccc1C(=O)Nc1cnc(N2CCN3CCC2CC3)nc1.Cl. The Labute approximate surface area is 165 Å². The first-order valence-corrected chi connectivity index (χ1v) is 9.00. The number of nitrogens with one attached hydrogen (secondary N) is 1. The maximum atomic E-state index is 12.5. The van der Waals surface area contributed by atoms with E-state index in [0.717, 1.165) is 45.0 Å². The van der Waals surface area contributed by atoms with Crippen molar-refractivity contribution in [3.63, 3.8) is 0 Å². The average Bonchev–Trinajstić information content (AvgIpc) is 3.02. The Kier molecular flexibility index (Phi) is 6.13. The molecular weight excluding hydrogens is 366 g/mol. The number of nitrogens with zero attached hydrogens (tertiary/aromatic N) is 4. The van der Waals surface area contributed by atoms with Gasteiger partial charge in [0.15, 0.2) is 0 Å². The Morgan fingerprint density at radius 1 is 1.11 bits per heavy atom. The standard InChI is InChI=1S/C19H23N5O2.ClH/c1-26-17-5-3-2-4-16(17)18(25)22-14-12-20-19(21-13-14)24-11-10-23-8-6-15(24)7-9-23;/h2-5,12-13,15H,6-11H2,1H3,(H,22,25);1H. The van der Waals surface area contributed by atoms with Gasteiger partial charge in [0, 0.05) is 32.2 Å². The molecule has 3 aliphatic heterocycles. The van der Waals surface area contributed by atoms with Crippen molar-refractivity contribution in [2.75, 3.05) is 43.5 Å². The molecule has 4 heterocycles. The molecule has 3 fully saturated rings. The van der Waals surface area contributed by atoms with Crippen LogP contribution in [0.4, 0.5) is 11.6 Å². The predicted octanol–water partition coefficient (Wildman–Crippen LogP) is 2.44. The summed E-state index contributed by atoms with van der Waals surface area (Å²) < 4.78 is 5.24. The van der Waals surface area contributed by atoms with Crippen molar-refractivity contribution < 1.29 is 9.53 Å². The number of benzene rings is 1. The maximum Gasteiger partial charge on any atom is 0.259 e. The predicted molar refractivity (Wildman–Crippen MR) is 107 cm³/mol. The first-order chi connectivity index (χ1) is 12.7. The van der Waals surface area contributed by atoms with Crippen molar-refractivity contribution in [3.05, 3.63) is 42.2 Å². The third-order valence-corrected chi connectivity index (χ3v) is 5.16. The molecule has 0 unspecified atom stereocenters. The van der Waals surface area contributed by atoms with E-state index in [2.05, 4.69) is 25.1 Å². The highest BCUT2D eigenvalue weighted by Crippen LogP contribution is 2.25. The lowest BCUT2D eigenvalue weighted by Gasteiger charge is -2.31. The fraction of sp³-hybridized carbons (Fsp3) is 0.421. The number of carbonyl (C=O) groups is 1. The van der Waals surface area contributed by atoms with Gasteiger partial charge >= 0.3 is 0 Å². The smallest absolute Gasteiger partial charge is 0.259 e. The van der Waals surface area contributed by atoms with Crippen molar-refractivity contribution >= 4 is 29.9 Å². The van der Waals surface area contributed by atoms with Gasteiger partial charge in [0.1, 0.15) is 5.75 Å². The van der Waals surface area contributed by atoms with Gasteiger partial charge in [-0.15, -0.1) is 12.4 Å². The molecule has 7 nitrogen and oxygen atoms in total. The van der Waals surface area contributed by atoms with Gasteiger partial charge in [0.05, 0.1) is 30.8 Å². The molecule has 5 rings (SSSR count). The Morgan fingerprint density at radius 2 is 1.81 bits per heavy atom. The fourth-order valence-electron chi connectivity index (χ4n) is 3.71. The number of piperidine rings is 1. The Balaban J connectivity index is 0.00000210. The van der Waals surface area contributed by atoms with E-state index in [1.807, 2.05) is 6.07 Å². The summed E-state index contributed by atoms with van der Waals surface area (Å²) in [7, 11) is 1.55. The number of hydrogen-bond donors (Lipinski definition) is 1. The molecule has 3 saturated heterocycles. The number of carbonyl (C=O) groups excluding carboxylic acids is 1. The van der Waals surface area contributed by atoms with Gasteiger partial charge in [-0.1, -0.05) is 12.1 Å². The van der Waals surface area contributed by atoms with Gasteiger partial charge in [-0.05, 0) is 25.0 Å². The largest absolute Gasteiger partial charge is 0.496 e. The zero-order chi connectivity index (χ0) is 17.9. The number of aromatic nitrogens is 2. The zero-order valence-corrected chi connectivity index (χ0v) is 16.1. The van der Waals surface area contributed by atoms with Gasteiger partial charge in [-0.3, -0.25) is 4.79 Å². The van der Waals surface area contributed by atoms with E-state index < -0.39 is 0 Å². The number of rotatable bonds is 4. The molecule has 1 N–H and O–H groups in total. The first-order valence-electron chi connectivity index (χ1n) is 9.00. The molecule has 3 aliphatic rings. The van der Waals surface area contributed by atoms with Gasteiger partial charge in [0.2, 0.25) is 5.95 Å². The average molecular weight is 390 g/mol. The first kappa shape index (κ1) is 19.4. The molecule has 1 amide bonds. The lowest BCUT2D eigenvalue weighted by Crippen LogP contribution is -2.38. The second kappa shape index (κ2) is 8.54. The summed E-state index contributed by atoms with van der Waals surface area (Å²) in [5, 5.41) is 2.84. The lowest BCUT2D eigenvalue weighted by atomic mass is 10.1. The monoisotopic (exact) mass is 389 g/mol. The number of ether oxygens (including phenoxy) is 1. The van der Waals surface area contributed by atoms with Gasteiger partial charge in [0.25, 0.3) is 5.91 Å². The van der Waals surface area contributed by atoms with Crippen molar-refractivity contribution in [1.82, 2.24) is 14.9 Å². The van der Waals surface area contributed by atoms with Crippen LogP contribution in [0.2, 0.25) is 0 Å². The van der Waals surface area contributed by atoms with Crippen molar-refractivity contribution in [1.29, 1.82) is 0 Å². The molecule has 0 saturated carbocycles. The summed E-state index contributed by atoms with van der Waals surface area (Å²) in [5.41, 5.74) is 1.06. The maximum absolute atomic E-state index is 12.5. The van der Waals surface area contributed by atoms with Crippen LogP contribution in [0.3, 0.4) is 0 Å². The molecule has 1 aromatic carbocycles. The van der Waals surface area contributed by atoms with Crippen LogP contribution in [-0.2, 0) is 0 Å². The molecule has 0 atom stereocenters. The summed E-state index contributed by atoms with van der Waals surface area (Å²) in [5.74, 6) is 1.05. The van der Waals surface area contributed by atoms with Crippen LogP contribution in [0, 0.1) is 0 Å². The molecule has 8 heteroatoms. The van der Waals surface area contributed by atoms with Crippen LogP contribution in [0.1, 0.15) is 23.2 Å². The summed E-state index contributed by atoms with van der Waals surface area (Å²) >= 11 is 0. The van der Waals surface area contributed by atoms with E-state index in [1.165, 1.54) is 0 Å². The molecule has 2 aromatic rings. The number of amides is 1. The Bertz CT molecular complexity index is 778. The van der Waals surface area contributed by atoms with E-state index in [-0.39, 0.29) is 18.3 Å². The second-order valence-electron chi connectivity index (χ2n) is 6.69. The van der Waals surface area contributed by atoms with Crippen LogP contribution in [0.15, 0.2) is 36.7 Å². The minimum absolute atomic E-state index is 0. The van der Waals surface area contributed by atoms with Gasteiger partial charge in [-0.25, -0.2) is 9.97 Å². The molecular formula is C19H24ClN5O2. The quantitative estimate of drug-likeness (QED) is 0.866. The highest BCUT2D eigenvalue weighted by atomic mass is 35.5. The molecule has 144 valence electrons. The third-order valence-electron chi connectivity index (χ3n) is 5.16. The summed E-state index contributed by atoms with van der Waals surface area (Å²) in [6, 6.07) is 7.65. The lowest BCUT2D eigenvalue weighted by molar-refractivity contribution is 0.102. The summed E-state index contributed by atoms with van der Waals surface area (Å²) in [4.78, 5) is 26.3. The van der Waals surface area contributed by atoms with Crippen molar-refractivity contribution in [3.8, 4) is 5.75 Å². The topological polar surface area (TPSA) is 70.6 Å². The van der Waals surface area contributed by atoms with Gasteiger partial charge in [-0.2, -0.15) is 0 Å². The van der Waals surface area contributed by atoms with Gasteiger partial charge < -0.3 is 19.9 Å². The highest BCUT2D eigenvalue weighted by molar-refractivity contribution is 6.06. The normalized spacial score (nSPS) is 21.1. The molecule has 0 radical (unpaired) electrons. The number of anilines is 2. The summed E-state index contributed by atoms with van der Waals surface area (Å²) in [6.45, 7) is 4.34. The van der Waals surface area contributed by atoms with E-state index in [0.29, 0.717) is 23.0 Å². The molecule has 1 aromatic heterocycles. The van der Waals surface area contributed by atoms with Crippen LogP contribution < -0.4 is 15.0 Å². The third kappa shape index (κ3) is 4.14. The van der Waals surface area contributed by atoms with Crippen molar-refractivity contribution in [2.45, 2.75) is 18.9 Å². The van der Waals surface area contributed by atoms with Crippen molar-refractivity contribution in [2.24, 2.45) is 0 Å². The zero-order valence-electron chi connectivity index (χ0n) is 15.3. The van der Waals surface area contributed by atoms with E-state index in [1.54, 1.807) is 37.7 Å². The molecule has 0 aliphatic carbocycles. The number of methoxy groups -OCH3 is 1. The Morgan fingerprint density at radius 3 is 2.52 bits per heavy atom. The van der Waals surface area contributed by atoms with Crippen LogP contribution >= 0.6 is 12.4 Å². The van der Waals surface area contributed by atoms with E-state index >= 15 is 0 Å². The number of hydrogen-bond acceptors (Lipinski definition) is 6. The molecule has 2 bridgehead atoms. The Hall–Kier alpha value is -2.38. The minimum Gasteiger partial charge on any atom is -0.496 e. The van der Waals surface area contributed by atoms with Crippen LogP contribution in [-0.4, -0.2) is 60.1 Å². The minimum atomic E-state index is -0.236. The number of halogens is 1. The fourth-order valence-corrected chi connectivity index (χ4v) is 3.71. The van der Waals surface area contributed by atoms with Crippen LogP contribution in [0.25, 0.3) is 0 Å². The number of para-hydroxylation sites is 1. The highest BCUT2D eigenvalue weighted by Gasteiger charge is 2.30. The molecule has 0 spiro atoms. The number of fused-ring (bicyclic) bond motifs is 4. The van der Waals surface area contributed by atoms with E-state index in [4.69, 9.17) is 4.74 Å². The summed E-state index contributed by atoms with van der Waals surface area (Å²) in [6.07, 6.45) is 5.67. The second-order valence-corrected chi connectivity index (χ2v) is 6.69. The molecule has 27 heavy (non-hydrogen) atoms. The van der Waals surface area contributed by atoms with E-state index in [9.17, 15) is 4.79 Å². The van der Waals surface area contributed by atoms with Crippen LogP contribution in [0.5, 0.6) is 5.75 Å².